The molecule has 0 fully saturated rings. The van der Waals surface area contributed by atoms with Crippen LogP contribution in [0.25, 0.3) is 0 Å². The van der Waals surface area contributed by atoms with E-state index in [1.807, 2.05) is 51.1 Å². The van der Waals surface area contributed by atoms with Crippen LogP contribution in [0.3, 0.4) is 0 Å². The second-order valence-electron chi connectivity index (χ2n) is 7.54. The van der Waals surface area contributed by atoms with Crippen LogP contribution in [0.4, 0.5) is 0 Å². The normalized spacial score (nSPS) is 14.2. The van der Waals surface area contributed by atoms with Gasteiger partial charge in [0, 0.05) is 19.1 Å². The van der Waals surface area contributed by atoms with E-state index in [2.05, 4.69) is 0 Å². The molecule has 0 saturated carbocycles. The summed E-state index contributed by atoms with van der Waals surface area (Å²) in [6.45, 7) is 6.51. The molecule has 2 aromatic rings. The first kappa shape index (κ1) is 23.3. The molecule has 7 heteroatoms. The first-order chi connectivity index (χ1) is 13.7. The van der Waals surface area contributed by atoms with Crippen LogP contribution in [0.5, 0.6) is 5.75 Å². The Bertz CT molecular complexity index is 839. The van der Waals surface area contributed by atoms with Crippen molar-refractivity contribution in [2.45, 2.75) is 44.2 Å². The standard InChI is InChI=1S/C22H32N2O4S/c1-4-28-19-10-12-20(13-11-19)29(26,27)24(15-17(2)3)16-22(25)21(23)14-18-8-6-5-7-9-18/h5-13,17,21-22,25H,4,14-16,23H2,1-3H3/t21-,22+/m0/s1. The first-order valence-corrected chi connectivity index (χ1v) is 11.4. The Kier molecular flexibility index (Phi) is 8.64. The summed E-state index contributed by atoms with van der Waals surface area (Å²) in [6.07, 6.45) is -0.507. The molecule has 0 saturated heterocycles. The van der Waals surface area contributed by atoms with Crippen LogP contribution in [0, 0.1) is 5.92 Å². The minimum atomic E-state index is -3.77. The molecule has 0 amide bonds. The zero-order valence-corrected chi connectivity index (χ0v) is 18.2. The van der Waals surface area contributed by atoms with Crippen LogP contribution < -0.4 is 10.5 Å². The van der Waals surface area contributed by atoms with Gasteiger partial charge >= 0.3 is 0 Å². The SMILES string of the molecule is CCOc1ccc(S(=O)(=O)N(CC(C)C)C[C@@H](O)[C@@H](N)Cc2ccccc2)cc1. The quantitative estimate of drug-likeness (QED) is 0.583. The second-order valence-corrected chi connectivity index (χ2v) is 9.48. The maximum Gasteiger partial charge on any atom is 0.243 e. The van der Waals surface area contributed by atoms with E-state index in [0.717, 1.165) is 5.56 Å². The lowest BCUT2D eigenvalue weighted by Gasteiger charge is -2.28. The van der Waals surface area contributed by atoms with Crippen molar-refractivity contribution in [1.29, 1.82) is 0 Å². The predicted molar refractivity (Wildman–Crippen MR) is 115 cm³/mol. The highest BCUT2D eigenvalue weighted by Gasteiger charge is 2.29. The van der Waals surface area contributed by atoms with E-state index in [1.54, 1.807) is 12.1 Å². The van der Waals surface area contributed by atoms with E-state index >= 15 is 0 Å². The van der Waals surface area contributed by atoms with Gasteiger partial charge in [0.1, 0.15) is 5.75 Å². The molecule has 0 radical (unpaired) electrons. The average Bonchev–Trinajstić information content (AvgIpc) is 2.68. The van der Waals surface area contributed by atoms with Crippen molar-refractivity contribution in [3.63, 3.8) is 0 Å². The molecule has 3 N–H and O–H groups in total. The lowest BCUT2D eigenvalue weighted by molar-refractivity contribution is 0.116. The molecule has 0 bridgehead atoms. The minimum absolute atomic E-state index is 0.0538. The van der Waals surface area contributed by atoms with Gasteiger partial charge in [0.2, 0.25) is 10.0 Å². The summed E-state index contributed by atoms with van der Waals surface area (Å²) in [7, 11) is -3.77. The van der Waals surface area contributed by atoms with Crippen LogP contribution in [0.15, 0.2) is 59.5 Å². The maximum absolute atomic E-state index is 13.2. The monoisotopic (exact) mass is 420 g/mol. The zero-order valence-electron chi connectivity index (χ0n) is 17.4. The molecule has 29 heavy (non-hydrogen) atoms. The molecule has 2 aromatic carbocycles. The fraction of sp³-hybridized carbons (Fsp3) is 0.455. The summed E-state index contributed by atoms with van der Waals surface area (Å²) < 4.78 is 33.1. The first-order valence-electron chi connectivity index (χ1n) is 9.94. The highest BCUT2D eigenvalue weighted by molar-refractivity contribution is 7.89. The molecule has 2 rings (SSSR count). The number of nitrogens with two attached hydrogens (primary N) is 1. The third-order valence-corrected chi connectivity index (χ3v) is 6.39. The van der Waals surface area contributed by atoms with Gasteiger partial charge in [0.25, 0.3) is 0 Å². The number of nitrogens with zero attached hydrogens (tertiary/aromatic N) is 1. The van der Waals surface area contributed by atoms with Gasteiger partial charge in [0.15, 0.2) is 0 Å². The maximum atomic E-state index is 13.2. The molecule has 0 heterocycles. The van der Waals surface area contributed by atoms with E-state index in [-0.39, 0.29) is 17.4 Å². The van der Waals surface area contributed by atoms with Crippen LogP contribution in [-0.2, 0) is 16.4 Å². The van der Waals surface area contributed by atoms with Crippen molar-refractivity contribution >= 4 is 10.0 Å². The Labute approximate surface area is 174 Å². The number of hydrogen-bond donors (Lipinski definition) is 2. The molecule has 0 unspecified atom stereocenters. The molecule has 160 valence electrons. The topological polar surface area (TPSA) is 92.9 Å². The number of rotatable bonds is 11. The van der Waals surface area contributed by atoms with Gasteiger partial charge in [-0.3, -0.25) is 0 Å². The minimum Gasteiger partial charge on any atom is -0.494 e. The van der Waals surface area contributed by atoms with Gasteiger partial charge in [-0.15, -0.1) is 0 Å². The third-order valence-electron chi connectivity index (χ3n) is 4.54. The summed E-state index contributed by atoms with van der Waals surface area (Å²) in [5.74, 6) is 0.719. The number of aliphatic hydroxyl groups is 1. The van der Waals surface area contributed by atoms with Gasteiger partial charge in [-0.1, -0.05) is 44.2 Å². The number of benzene rings is 2. The van der Waals surface area contributed by atoms with Crippen LogP contribution in [-0.4, -0.2) is 49.7 Å². The second kappa shape index (κ2) is 10.7. The van der Waals surface area contributed by atoms with Crippen LogP contribution >= 0.6 is 0 Å². The molecule has 0 spiro atoms. The smallest absolute Gasteiger partial charge is 0.243 e. The molecular formula is C22H32N2O4S. The fourth-order valence-corrected chi connectivity index (χ4v) is 4.69. The molecule has 6 nitrogen and oxygen atoms in total. The Hall–Kier alpha value is -1.93. The van der Waals surface area contributed by atoms with Gasteiger partial charge in [-0.2, -0.15) is 4.31 Å². The Balaban J connectivity index is 2.16. The molecule has 2 atom stereocenters. The number of ether oxygens (including phenoxy) is 1. The van der Waals surface area contributed by atoms with E-state index < -0.39 is 22.2 Å². The molecular weight excluding hydrogens is 388 g/mol. The van der Waals surface area contributed by atoms with E-state index in [0.29, 0.717) is 25.3 Å². The number of hydrogen-bond acceptors (Lipinski definition) is 5. The molecule has 0 aliphatic heterocycles. The van der Waals surface area contributed by atoms with Crippen molar-refractivity contribution in [3.8, 4) is 5.75 Å². The number of sulfonamides is 1. The van der Waals surface area contributed by atoms with Gasteiger partial charge in [-0.25, -0.2) is 8.42 Å². The summed E-state index contributed by atoms with van der Waals surface area (Å²) in [6, 6.07) is 15.4. The Morgan fingerprint density at radius 1 is 1.03 bits per heavy atom. The number of aliphatic hydroxyl groups excluding tert-OH is 1. The summed E-state index contributed by atoms with van der Waals surface area (Å²) in [5, 5.41) is 10.6. The Morgan fingerprint density at radius 2 is 1.66 bits per heavy atom. The van der Waals surface area contributed by atoms with Crippen molar-refractivity contribution in [2.75, 3.05) is 19.7 Å². The van der Waals surface area contributed by atoms with Crippen LogP contribution in [0.2, 0.25) is 0 Å². The lowest BCUT2D eigenvalue weighted by Crippen LogP contribution is -2.47. The van der Waals surface area contributed by atoms with Gasteiger partial charge < -0.3 is 15.6 Å². The van der Waals surface area contributed by atoms with Crippen molar-refractivity contribution in [1.82, 2.24) is 4.31 Å². The fourth-order valence-electron chi connectivity index (χ4n) is 3.07. The molecule has 0 aliphatic carbocycles. The van der Waals surface area contributed by atoms with Crippen LogP contribution in [0.1, 0.15) is 26.3 Å². The zero-order chi connectivity index (χ0) is 21.4. The lowest BCUT2D eigenvalue weighted by atomic mass is 10.0. The Morgan fingerprint density at radius 3 is 2.21 bits per heavy atom. The summed E-state index contributed by atoms with van der Waals surface area (Å²) in [4.78, 5) is 0.172. The van der Waals surface area contributed by atoms with Gasteiger partial charge in [0.05, 0.1) is 17.6 Å². The molecule has 0 aliphatic rings. The van der Waals surface area contributed by atoms with Crippen molar-refractivity contribution in [2.24, 2.45) is 11.7 Å². The largest absolute Gasteiger partial charge is 0.494 e. The highest BCUT2D eigenvalue weighted by atomic mass is 32.2. The molecule has 0 aromatic heterocycles. The van der Waals surface area contributed by atoms with E-state index in [1.165, 1.54) is 16.4 Å². The summed E-state index contributed by atoms with van der Waals surface area (Å²) in [5.41, 5.74) is 7.18. The van der Waals surface area contributed by atoms with Crippen molar-refractivity contribution in [3.05, 3.63) is 60.2 Å². The highest BCUT2D eigenvalue weighted by Crippen LogP contribution is 2.21. The van der Waals surface area contributed by atoms with E-state index in [9.17, 15) is 13.5 Å². The van der Waals surface area contributed by atoms with E-state index in [4.69, 9.17) is 10.5 Å². The average molecular weight is 421 g/mol. The third kappa shape index (κ3) is 6.82. The predicted octanol–water partition coefficient (Wildman–Crippen LogP) is 2.66. The van der Waals surface area contributed by atoms with Gasteiger partial charge in [-0.05, 0) is 49.1 Å². The summed E-state index contributed by atoms with van der Waals surface area (Å²) >= 11 is 0. The van der Waals surface area contributed by atoms with Crippen molar-refractivity contribution < 1.29 is 18.3 Å².